The van der Waals surface area contributed by atoms with Gasteiger partial charge in [0.25, 0.3) is 0 Å². The van der Waals surface area contributed by atoms with Crippen LogP contribution in [0.3, 0.4) is 0 Å². The van der Waals surface area contributed by atoms with Crippen molar-refractivity contribution in [3.8, 4) is 5.75 Å². The largest absolute Gasteiger partial charge is 0.493 e. The number of benzene rings is 1. The molecule has 0 aliphatic rings. The van der Waals surface area contributed by atoms with Crippen LogP contribution in [0.4, 0.5) is 0 Å². The van der Waals surface area contributed by atoms with Crippen LogP contribution < -0.4 is 9.88 Å². The SMILES string of the molecule is CCCOc1cccc2c1c(S(N)(=O)=O)cn2CCOC. The zero-order valence-corrected chi connectivity index (χ0v) is 13.0. The summed E-state index contributed by atoms with van der Waals surface area (Å²) < 4.78 is 36.2. The van der Waals surface area contributed by atoms with Crippen molar-refractivity contribution in [2.24, 2.45) is 5.14 Å². The van der Waals surface area contributed by atoms with Crippen molar-refractivity contribution < 1.29 is 17.9 Å². The fourth-order valence-corrected chi connectivity index (χ4v) is 2.97. The monoisotopic (exact) mass is 312 g/mol. The maximum atomic E-state index is 11.8. The van der Waals surface area contributed by atoms with E-state index in [1.807, 2.05) is 23.6 Å². The van der Waals surface area contributed by atoms with Crippen molar-refractivity contribution in [2.75, 3.05) is 20.3 Å². The third kappa shape index (κ3) is 3.37. The molecule has 0 radical (unpaired) electrons. The summed E-state index contributed by atoms with van der Waals surface area (Å²) >= 11 is 0. The Labute approximate surface area is 124 Å². The van der Waals surface area contributed by atoms with Crippen LogP contribution in [0.1, 0.15) is 13.3 Å². The second kappa shape index (κ2) is 6.46. The maximum Gasteiger partial charge on any atom is 0.240 e. The molecule has 0 aliphatic heterocycles. The lowest BCUT2D eigenvalue weighted by Crippen LogP contribution is -2.12. The average Bonchev–Trinajstić information content (AvgIpc) is 2.82. The van der Waals surface area contributed by atoms with Crippen molar-refractivity contribution in [3.05, 3.63) is 24.4 Å². The molecule has 0 saturated heterocycles. The molecule has 116 valence electrons. The number of primary sulfonamides is 1. The molecule has 2 aromatic rings. The Balaban J connectivity index is 2.63. The molecular formula is C14H20N2O4S. The molecule has 0 atom stereocenters. The number of sulfonamides is 1. The van der Waals surface area contributed by atoms with Gasteiger partial charge in [0.2, 0.25) is 10.0 Å². The molecule has 1 heterocycles. The van der Waals surface area contributed by atoms with Crippen molar-refractivity contribution in [3.63, 3.8) is 0 Å². The summed E-state index contributed by atoms with van der Waals surface area (Å²) in [5.41, 5.74) is 0.768. The van der Waals surface area contributed by atoms with Crippen LogP contribution in [0, 0.1) is 0 Å². The average molecular weight is 312 g/mol. The van der Waals surface area contributed by atoms with Gasteiger partial charge >= 0.3 is 0 Å². The Morgan fingerprint density at radius 2 is 2.05 bits per heavy atom. The molecule has 7 heteroatoms. The first-order valence-corrected chi connectivity index (χ1v) is 8.30. The predicted octanol–water partition coefficient (Wildman–Crippen LogP) is 1.72. The highest BCUT2D eigenvalue weighted by molar-refractivity contribution is 7.89. The van der Waals surface area contributed by atoms with Gasteiger partial charge in [0.15, 0.2) is 0 Å². The molecule has 0 unspecified atom stereocenters. The lowest BCUT2D eigenvalue weighted by Gasteiger charge is -2.08. The Hall–Kier alpha value is -1.57. The van der Waals surface area contributed by atoms with Crippen LogP contribution in [0.15, 0.2) is 29.3 Å². The molecule has 6 nitrogen and oxygen atoms in total. The molecular weight excluding hydrogens is 292 g/mol. The predicted molar refractivity (Wildman–Crippen MR) is 81.0 cm³/mol. The fourth-order valence-electron chi connectivity index (χ4n) is 2.20. The summed E-state index contributed by atoms with van der Waals surface area (Å²) in [6.45, 7) is 3.53. The quantitative estimate of drug-likeness (QED) is 0.844. The van der Waals surface area contributed by atoms with E-state index in [9.17, 15) is 8.42 Å². The minimum Gasteiger partial charge on any atom is -0.493 e. The molecule has 0 amide bonds. The van der Waals surface area contributed by atoms with Gasteiger partial charge < -0.3 is 14.0 Å². The van der Waals surface area contributed by atoms with Crippen LogP contribution in [-0.4, -0.2) is 33.3 Å². The van der Waals surface area contributed by atoms with Crippen molar-refractivity contribution in [1.82, 2.24) is 4.57 Å². The zero-order chi connectivity index (χ0) is 15.5. The number of ether oxygens (including phenoxy) is 2. The van der Waals surface area contributed by atoms with E-state index >= 15 is 0 Å². The number of rotatable bonds is 7. The fraction of sp³-hybridized carbons (Fsp3) is 0.429. The van der Waals surface area contributed by atoms with Crippen molar-refractivity contribution >= 4 is 20.9 Å². The molecule has 1 aromatic carbocycles. The van der Waals surface area contributed by atoms with E-state index in [1.165, 1.54) is 6.20 Å². The van der Waals surface area contributed by atoms with E-state index in [4.69, 9.17) is 14.6 Å². The van der Waals surface area contributed by atoms with Crippen LogP contribution in [0.5, 0.6) is 5.75 Å². The smallest absolute Gasteiger partial charge is 0.240 e. The van der Waals surface area contributed by atoms with Gasteiger partial charge in [0.05, 0.1) is 24.1 Å². The van der Waals surface area contributed by atoms with Crippen molar-refractivity contribution in [1.29, 1.82) is 0 Å². The third-order valence-corrected chi connectivity index (χ3v) is 4.06. The van der Waals surface area contributed by atoms with E-state index in [0.717, 1.165) is 11.9 Å². The number of aromatic nitrogens is 1. The number of hydrogen-bond donors (Lipinski definition) is 1. The minimum absolute atomic E-state index is 0.0836. The lowest BCUT2D eigenvalue weighted by molar-refractivity contribution is 0.188. The second-order valence-corrected chi connectivity index (χ2v) is 6.25. The highest BCUT2D eigenvalue weighted by Gasteiger charge is 2.20. The third-order valence-electron chi connectivity index (χ3n) is 3.14. The first-order valence-electron chi connectivity index (χ1n) is 6.75. The lowest BCUT2D eigenvalue weighted by atomic mass is 10.2. The van der Waals surface area contributed by atoms with E-state index in [1.54, 1.807) is 13.2 Å². The molecule has 0 fully saturated rings. The van der Waals surface area contributed by atoms with Gasteiger partial charge in [0.1, 0.15) is 10.6 Å². The summed E-state index contributed by atoms with van der Waals surface area (Å²) in [5.74, 6) is 0.537. The van der Waals surface area contributed by atoms with Gasteiger partial charge in [-0.15, -0.1) is 0 Å². The highest BCUT2D eigenvalue weighted by atomic mass is 32.2. The van der Waals surface area contributed by atoms with Gasteiger partial charge in [-0.3, -0.25) is 0 Å². The second-order valence-electron chi connectivity index (χ2n) is 4.72. The Bertz CT molecular complexity index is 722. The summed E-state index contributed by atoms with van der Waals surface area (Å²) in [7, 11) is -2.22. The Morgan fingerprint density at radius 1 is 1.29 bits per heavy atom. The van der Waals surface area contributed by atoms with Gasteiger partial charge in [-0.05, 0) is 18.6 Å². The van der Waals surface area contributed by atoms with Crippen molar-refractivity contribution in [2.45, 2.75) is 24.8 Å². The minimum atomic E-state index is -3.82. The maximum absolute atomic E-state index is 11.8. The summed E-state index contributed by atoms with van der Waals surface area (Å²) in [5, 5.41) is 5.87. The normalized spacial score (nSPS) is 12.0. The van der Waals surface area contributed by atoms with E-state index in [2.05, 4.69) is 0 Å². The molecule has 0 bridgehead atoms. The molecule has 21 heavy (non-hydrogen) atoms. The number of fused-ring (bicyclic) bond motifs is 1. The van der Waals surface area contributed by atoms with Gasteiger partial charge in [-0.2, -0.15) is 0 Å². The van der Waals surface area contributed by atoms with Crippen LogP contribution in [0.25, 0.3) is 10.9 Å². The summed E-state index contributed by atoms with van der Waals surface area (Å²) in [4.78, 5) is 0.0836. The topological polar surface area (TPSA) is 83.5 Å². The Kier molecular flexibility index (Phi) is 4.87. The first kappa shape index (κ1) is 15.8. The number of hydrogen-bond acceptors (Lipinski definition) is 4. The van der Waals surface area contributed by atoms with Crippen LogP contribution in [0.2, 0.25) is 0 Å². The molecule has 2 rings (SSSR count). The molecule has 0 aliphatic carbocycles. The molecule has 2 N–H and O–H groups in total. The number of nitrogens with two attached hydrogens (primary N) is 1. The molecule has 0 spiro atoms. The van der Waals surface area contributed by atoms with E-state index in [-0.39, 0.29) is 4.90 Å². The molecule has 0 saturated carbocycles. The summed E-state index contributed by atoms with van der Waals surface area (Å²) in [6, 6.07) is 5.44. The van der Waals surface area contributed by atoms with Gasteiger partial charge in [-0.1, -0.05) is 13.0 Å². The Morgan fingerprint density at radius 3 is 2.67 bits per heavy atom. The first-order chi connectivity index (χ1) is 9.99. The molecule has 1 aromatic heterocycles. The van der Waals surface area contributed by atoms with E-state index < -0.39 is 10.0 Å². The van der Waals surface area contributed by atoms with Gasteiger partial charge in [-0.25, -0.2) is 13.6 Å². The standard InChI is InChI=1S/C14H20N2O4S/c1-3-8-20-12-6-4-5-11-14(12)13(21(15,17)18)10-16(11)7-9-19-2/h4-6,10H,3,7-9H2,1-2H3,(H2,15,17,18). The number of nitrogens with zero attached hydrogens (tertiary/aromatic N) is 1. The zero-order valence-electron chi connectivity index (χ0n) is 12.2. The van der Waals surface area contributed by atoms with Crippen LogP contribution >= 0.6 is 0 Å². The van der Waals surface area contributed by atoms with E-state index in [0.29, 0.717) is 30.9 Å². The summed E-state index contributed by atoms with van der Waals surface area (Å²) in [6.07, 6.45) is 2.38. The highest BCUT2D eigenvalue weighted by Crippen LogP contribution is 2.33. The van der Waals surface area contributed by atoms with Gasteiger partial charge in [0, 0.05) is 19.9 Å². The number of methoxy groups -OCH3 is 1. The van der Waals surface area contributed by atoms with Crippen LogP contribution in [-0.2, 0) is 21.3 Å².